The molecule has 2 atom stereocenters. The molecule has 3 heteroatoms. The van der Waals surface area contributed by atoms with Gasteiger partial charge in [0, 0.05) is 4.83 Å². The lowest BCUT2D eigenvalue weighted by Gasteiger charge is -2.23. The molecule has 1 fully saturated rings. The Balaban J connectivity index is 2.47. The van der Waals surface area contributed by atoms with Crippen LogP contribution in [-0.2, 0) is 4.79 Å². The number of primary amides is 1. The summed E-state index contributed by atoms with van der Waals surface area (Å²) >= 11 is 3.45. The highest BCUT2D eigenvalue weighted by molar-refractivity contribution is 9.09. The van der Waals surface area contributed by atoms with Crippen LogP contribution in [-0.4, -0.2) is 10.7 Å². The Morgan fingerprint density at radius 2 is 2.00 bits per heavy atom. The molecular weight excluding hydrogens is 194 g/mol. The molecule has 0 heterocycles. The summed E-state index contributed by atoms with van der Waals surface area (Å²) in [5, 5.41) is 0. The molecule has 0 aromatic carbocycles. The summed E-state index contributed by atoms with van der Waals surface area (Å²) in [5.74, 6) is -0.0738. The zero-order chi connectivity index (χ0) is 7.56. The molecule has 0 spiro atoms. The molecule has 2 unspecified atom stereocenters. The van der Waals surface area contributed by atoms with Crippen LogP contribution in [0.4, 0.5) is 0 Å². The van der Waals surface area contributed by atoms with Gasteiger partial charge in [-0.15, -0.1) is 0 Å². The number of carbonyl (C=O) groups excluding carboxylic acids is 1. The smallest absolute Gasteiger partial charge is 0.221 e. The molecule has 0 radical (unpaired) electrons. The first-order chi connectivity index (χ1) is 4.72. The second-order valence-electron chi connectivity index (χ2n) is 2.81. The van der Waals surface area contributed by atoms with Gasteiger partial charge in [-0.1, -0.05) is 28.8 Å². The van der Waals surface area contributed by atoms with Crippen LogP contribution >= 0.6 is 15.9 Å². The van der Waals surface area contributed by atoms with E-state index < -0.39 is 0 Å². The Bertz CT molecular complexity index is 138. The van der Waals surface area contributed by atoms with Gasteiger partial charge in [-0.3, -0.25) is 4.79 Å². The highest BCUT2D eigenvalue weighted by atomic mass is 79.9. The zero-order valence-corrected chi connectivity index (χ0v) is 7.43. The predicted molar refractivity (Wildman–Crippen MR) is 43.9 cm³/mol. The summed E-state index contributed by atoms with van der Waals surface area (Å²) in [6.45, 7) is 0. The van der Waals surface area contributed by atoms with Crippen molar-refractivity contribution in [2.45, 2.75) is 30.5 Å². The maximum Gasteiger partial charge on any atom is 0.221 e. The van der Waals surface area contributed by atoms with E-state index in [2.05, 4.69) is 15.9 Å². The molecule has 2 nitrogen and oxygen atoms in total. The van der Waals surface area contributed by atoms with E-state index in [1.165, 1.54) is 6.42 Å². The van der Waals surface area contributed by atoms with Gasteiger partial charge in [-0.25, -0.2) is 0 Å². The molecule has 1 rings (SSSR count). The van der Waals surface area contributed by atoms with Crippen molar-refractivity contribution >= 4 is 21.8 Å². The summed E-state index contributed by atoms with van der Waals surface area (Å²) in [6.07, 6.45) is 4.42. The molecular formula is C7H12BrNO. The summed E-state index contributed by atoms with van der Waals surface area (Å²) in [7, 11) is 0. The topological polar surface area (TPSA) is 43.1 Å². The van der Waals surface area contributed by atoms with Crippen molar-refractivity contribution in [2.24, 2.45) is 11.7 Å². The molecule has 1 aliphatic carbocycles. The molecule has 0 aliphatic heterocycles. The van der Waals surface area contributed by atoms with Gasteiger partial charge in [-0.05, 0) is 12.8 Å². The molecule has 1 amide bonds. The molecule has 0 bridgehead atoms. The van der Waals surface area contributed by atoms with E-state index in [-0.39, 0.29) is 11.8 Å². The quantitative estimate of drug-likeness (QED) is 0.648. The number of alkyl halides is 1. The van der Waals surface area contributed by atoms with E-state index in [0.29, 0.717) is 4.83 Å². The molecule has 0 saturated heterocycles. The molecule has 1 saturated carbocycles. The van der Waals surface area contributed by atoms with Crippen LogP contribution in [0, 0.1) is 5.92 Å². The molecule has 0 aromatic rings. The van der Waals surface area contributed by atoms with E-state index in [4.69, 9.17) is 5.73 Å². The number of nitrogens with two attached hydrogens (primary N) is 1. The van der Waals surface area contributed by atoms with Crippen molar-refractivity contribution in [3.8, 4) is 0 Å². The number of carbonyl (C=O) groups is 1. The van der Waals surface area contributed by atoms with Crippen LogP contribution in [0.2, 0.25) is 0 Å². The van der Waals surface area contributed by atoms with Crippen LogP contribution in [0.25, 0.3) is 0 Å². The SMILES string of the molecule is NC(=O)C1CCCCC1Br. The van der Waals surface area contributed by atoms with Crippen LogP contribution in [0.5, 0.6) is 0 Å². The third-order valence-electron chi connectivity index (χ3n) is 2.05. The van der Waals surface area contributed by atoms with E-state index in [9.17, 15) is 4.79 Å². The molecule has 2 N–H and O–H groups in total. The monoisotopic (exact) mass is 205 g/mol. The Hall–Kier alpha value is -0.0500. The minimum atomic E-state index is -0.151. The van der Waals surface area contributed by atoms with Crippen LogP contribution in [0.1, 0.15) is 25.7 Å². The van der Waals surface area contributed by atoms with Gasteiger partial charge in [0.2, 0.25) is 5.91 Å². The average molecular weight is 206 g/mol. The summed E-state index contributed by atoms with van der Waals surface area (Å²) in [4.78, 5) is 11.1. The van der Waals surface area contributed by atoms with E-state index in [1.54, 1.807) is 0 Å². The van der Waals surface area contributed by atoms with Crippen LogP contribution in [0.3, 0.4) is 0 Å². The van der Waals surface area contributed by atoms with Crippen molar-refractivity contribution in [1.82, 2.24) is 0 Å². The zero-order valence-electron chi connectivity index (χ0n) is 5.85. The highest BCUT2D eigenvalue weighted by Crippen LogP contribution is 2.29. The normalized spacial score (nSPS) is 33.7. The van der Waals surface area contributed by atoms with E-state index >= 15 is 0 Å². The lowest BCUT2D eigenvalue weighted by molar-refractivity contribution is -0.122. The van der Waals surface area contributed by atoms with E-state index in [1.807, 2.05) is 0 Å². The first kappa shape index (κ1) is 8.05. The molecule has 10 heavy (non-hydrogen) atoms. The predicted octanol–water partition coefficient (Wildman–Crippen LogP) is 1.43. The largest absolute Gasteiger partial charge is 0.369 e. The van der Waals surface area contributed by atoms with Gasteiger partial charge in [-0.2, -0.15) is 0 Å². The Labute approximate surface area is 69.3 Å². The van der Waals surface area contributed by atoms with Crippen molar-refractivity contribution < 1.29 is 4.79 Å². The maximum atomic E-state index is 10.8. The van der Waals surface area contributed by atoms with Crippen LogP contribution < -0.4 is 5.73 Å². The highest BCUT2D eigenvalue weighted by Gasteiger charge is 2.26. The first-order valence-electron chi connectivity index (χ1n) is 3.65. The van der Waals surface area contributed by atoms with Gasteiger partial charge in [0.1, 0.15) is 0 Å². The molecule has 1 aliphatic rings. The van der Waals surface area contributed by atoms with Crippen molar-refractivity contribution in [2.75, 3.05) is 0 Å². The van der Waals surface area contributed by atoms with Crippen molar-refractivity contribution in [1.29, 1.82) is 0 Å². The van der Waals surface area contributed by atoms with Crippen molar-refractivity contribution in [3.63, 3.8) is 0 Å². The summed E-state index contributed by atoms with van der Waals surface area (Å²) < 4.78 is 0. The lowest BCUT2D eigenvalue weighted by Crippen LogP contribution is -2.32. The van der Waals surface area contributed by atoms with Gasteiger partial charge in [0.25, 0.3) is 0 Å². The average Bonchev–Trinajstić information content (AvgIpc) is 1.88. The fraction of sp³-hybridized carbons (Fsp3) is 0.857. The maximum absolute atomic E-state index is 10.8. The van der Waals surface area contributed by atoms with Crippen LogP contribution in [0.15, 0.2) is 0 Å². The third kappa shape index (κ3) is 1.72. The third-order valence-corrected chi connectivity index (χ3v) is 3.14. The lowest BCUT2D eigenvalue weighted by atomic mass is 9.89. The minimum absolute atomic E-state index is 0.0775. The number of halogens is 1. The fourth-order valence-electron chi connectivity index (χ4n) is 1.41. The van der Waals surface area contributed by atoms with Crippen molar-refractivity contribution in [3.05, 3.63) is 0 Å². The number of hydrogen-bond donors (Lipinski definition) is 1. The second-order valence-corrected chi connectivity index (χ2v) is 3.99. The molecule has 58 valence electrons. The fourth-order valence-corrected chi connectivity index (χ4v) is 2.25. The van der Waals surface area contributed by atoms with E-state index in [0.717, 1.165) is 19.3 Å². The van der Waals surface area contributed by atoms with Gasteiger partial charge in [0.05, 0.1) is 5.92 Å². The summed E-state index contributed by atoms with van der Waals surface area (Å²) in [6, 6.07) is 0. The number of amides is 1. The standard InChI is InChI=1S/C7H12BrNO/c8-6-4-2-1-3-5(6)7(9)10/h5-6H,1-4H2,(H2,9,10). The number of rotatable bonds is 1. The Morgan fingerprint density at radius 1 is 1.40 bits per heavy atom. The van der Waals surface area contributed by atoms with Gasteiger partial charge >= 0.3 is 0 Å². The Kier molecular flexibility index (Phi) is 2.72. The summed E-state index contributed by atoms with van der Waals surface area (Å²) in [5.41, 5.74) is 5.19. The van der Waals surface area contributed by atoms with Gasteiger partial charge in [0.15, 0.2) is 0 Å². The molecule has 0 aromatic heterocycles. The first-order valence-corrected chi connectivity index (χ1v) is 4.57. The minimum Gasteiger partial charge on any atom is -0.369 e. The second kappa shape index (κ2) is 3.37. The Morgan fingerprint density at radius 3 is 2.40 bits per heavy atom. The van der Waals surface area contributed by atoms with Gasteiger partial charge < -0.3 is 5.73 Å². The number of hydrogen-bond acceptors (Lipinski definition) is 1.